The van der Waals surface area contributed by atoms with Crippen molar-refractivity contribution in [1.82, 2.24) is 24.7 Å². The van der Waals surface area contributed by atoms with Gasteiger partial charge in [-0.3, -0.25) is 0 Å². The van der Waals surface area contributed by atoms with Crippen molar-refractivity contribution >= 4 is 0 Å². The van der Waals surface area contributed by atoms with Gasteiger partial charge < -0.3 is 15.3 Å². The van der Waals surface area contributed by atoms with Gasteiger partial charge in [-0.1, -0.05) is 13.8 Å². The minimum absolute atomic E-state index is 0.263. The Hall–Kier alpha value is -1.69. The summed E-state index contributed by atoms with van der Waals surface area (Å²) in [4.78, 5) is 7.74. The Kier molecular flexibility index (Phi) is 2.89. The number of nitrogens with one attached hydrogen (secondary N) is 1. The molecule has 0 unspecified atom stereocenters. The first kappa shape index (κ1) is 12.3. The van der Waals surface area contributed by atoms with Crippen LogP contribution >= 0.6 is 0 Å². The average Bonchev–Trinajstić information content (AvgIpc) is 2.93. The van der Waals surface area contributed by atoms with Gasteiger partial charge in [0.15, 0.2) is 5.82 Å². The Bertz CT molecular complexity index is 563. The van der Waals surface area contributed by atoms with Gasteiger partial charge in [-0.05, 0) is 25.2 Å². The van der Waals surface area contributed by atoms with Gasteiger partial charge in [-0.2, -0.15) is 0 Å². The van der Waals surface area contributed by atoms with E-state index in [1.165, 1.54) is 6.42 Å². The van der Waals surface area contributed by atoms with Crippen LogP contribution < -0.4 is 5.73 Å². The van der Waals surface area contributed by atoms with Crippen LogP contribution in [0.5, 0.6) is 0 Å². The van der Waals surface area contributed by atoms with E-state index >= 15 is 0 Å². The number of aromatic nitrogens is 5. The Morgan fingerprint density at radius 1 is 1.47 bits per heavy atom. The van der Waals surface area contributed by atoms with Crippen molar-refractivity contribution in [2.45, 2.75) is 45.2 Å². The van der Waals surface area contributed by atoms with Crippen LogP contribution in [-0.4, -0.2) is 24.7 Å². The van der Waals surface area contributed by atoms with E-state index in [-0.39, 0.29) is 5.54 Å². The zero-order valence-corrected chi connectivity index (χ0v) is 11.4. The van der Waals surface area contributed by atoms with Crippen molar-refractivity contribution in [1.29, 1.82) is 0 Å². The second-order valence-electron chi connectivity index (χ2n) is 5.86. The van der Waals surface area contributed by atoms with Gasteiger partial charge in [0.2, 0.25) is 0 Å². The lowest BCUT2D eigenvalue weighted by Gasteiger charge is -2.35. The van der Waals surface area contributed by atoms with Crippen molar-refractivity contribution in [3.63, 3.8) is 0 Å². The maximum atomic E-state index is 6.27. The highest BCUT2D eigenvalue weighted by atomic mass is 15.3. The highest BCUT2D eigenvalue weighted by molar-refractivity contribution is 5.48. The molecule has 1 aliphatic rings. The van der Waals surface area contributed by atoms with Gasteiger partial charge in [0.05, 0.1) is 11.7 Å². The minimum atomic E-state index is -0.263. The quantitative estimate of drug-likeness (QED) is 0.875. The SMILES string of the molecule is CC(C)Cn1cnnc1-c1cnc(C2(N)CCC2)[nH]1. The van der Waals surface area contributed by atoms with E-state index in [9.17, 15) is 0 Å². The fourth-order valence-electron chi connectivity index (χ4n) is 2.47. The summed E-state index contributed by atoms with van der Waals surface area (Å²) in [5.74, 6) is 2.24. The minimum Gasteiger partial charge on any atom is -0.338 e. The van der Waals surface area contributed by atoms with Gasteiger partial charge in [0.1, 0.15) is 17.8 Å². The zero-order chi connectivity index (χ0) is 13.5. The molecule has 19 heavy (non-hydrogen) atoms. The number of aromatic amines is 1. The summed E-state index contributed by atoms with van der Waals surface area (Å²) in [6.45, 7) is 5.24. The molecule has 2 heterocycles. The highest BCUT2D eigenvalue weighted by Crippen LogP contribution is 2.37. The summed E-state index contributed by atoms with van der Waals surface area (Å²) in [7, 11) is 0. The van der Waals surface area contributed by atoms with Crippen molar-refractivity contribution in [2.75, 3.05) is 0 Å². The summed E-state index contributed by atoms with van der Waals surface area (Å²) in [5.41, 5.74) is 6.90. The number of H-pyrrole nitrogens is 1. The number of imidazole rings is 1. The van der Waals surface area contributed by atoms with Crippen LogP contribution in [0.2, 0.25) is 0 Å². The fraction of sp³-hybridized carbons (Fsp3) is 0.615. The van der Waals surface area contributed by atoms with Crippen LogP contribution in [0.4, 0.5) is 0 Å². The molecule has 3 rings (SSSR count). The molecule has 0 spiro atoms. The largest absolute Gasteiger partial charge is 0.338 e. The van der Waals surface area contributed by atoms with E-state index in [1.807, 2.05) is 10.8 Å². The Balaban J connectivity index is 1.88. The monoisotopic (exact) mass is 260 g/mol. The third kappa shape index (κ3) is 2.16. The third-order valence-electron chi connectivity index (χ3n) is 3.71. The normalized spacial score (nSPS) is 17.7. The number of hydrogen-bond acceptors (Lipinski definition) is 4. The molecule has 1 aliphatic carbocycles. The Labute approximate surface area is 112 Å². The molecule has 0 amide bonds. The molecule has 6 heteroatoms. The molecule has 0 atom stereocenters. The maximum Gasteiger partial charge on any atom is 0.181 e. The smallest absolute Gasteiger partial charge is 0.181 e. The summed E-state index contributed by atoms with van der Waals surface area (Å²) < 4.78 is 2.05. The van der Waals surface area contributed by atoms with Crippen LogP contribution in [0.1, 0.15) is 38.9 Å². The molecule has 0 saturated heterocycles. The lowest BCUT2D eigenvalue weighted by atomic mass is 9.77. The van der Waals surface area contributed by atoms with Crippen LogP contribution in [0.15, 0.2) is 12.5 Å². The zero-order valence-electron chi connectivity index (χ0n) is 11.4. The lowest BCUT2D eigenvalue weighted by Crippen LogP contribution is -2.44. The first-order chi connectivity index (χ1) is 9.08. The van der Waals surface area contributed by atoms with E-state index in [0.29, 0.717) is 5.92 Å². The number of hydrogen-bond donors (Lipinski definition) is 2. The third-order valence-corrected chi connectivity index (χ3v) is 3.71. The Morgan fingerprint density at radius 2 is 2.26 bits per heavy atom. The molecular weight excluding hydrogens is 240 g/mol. The first-order valence-corrected chi connectivity index (χ1v) is 6.81. The molecule has 2 aromatic rings. The van der Waals surface area contributed by atoms with E-state index in [1.54, 1.807) is 6.33 Å². The topological polar surface area (TPSA) is 85.4 Å². The van der Waals surface area contributed by atoms with E-state index in [0.717, 1.165) is 36.7 Å². The standard InChI is InChI=1S/C13H20N6/c1-9(2)7-19-8-16-18-11(19)10-6-15-12(17-10)13(14)4-3-5-13/h6,8-9H,3-5,7,14H2,1-2H3,(H,15,17). The predicted molar refractivity (Wildman–Crippen MR) is 72.2 cm³/mol. The molecule has 6 nitrogen and oxygen atoms in total. The van der Waals surface area contributed by atoms with E-state index in [4.69, 9.17) is 5.73 Å². The second-order valence-corrected chi connectivity index (χ2v) is 5.86. The number of nitrogens with two attached hydrogens (primary N) is 1. The molecule has 0 radical (unpaired) electrons. The molecule has 0 aliphatic heterocycles. The van der Waals surface area contributed by atoms with Crippen LogP contribution in [-0.2, 0) is 12.1 Å². The number of nitrogens with zero attached hydrogens (tertiary/aromatic N) is 4. The average molecular weight is 260 g/mol. The molecule has 1 fully saturated rings. The lowest BCUT2D eigenvalue weighted by molar-refractivity contribution is 0.240. The summed E-state index contributed by atoms with van der Waals surface area (Å²) >= 11 is 0. The van der Waals surface area contributed by atoms with Gasteiger partial charge in [0.25, 0.3) is 0 Å². The molecule has 102 valence electrons. The molecule has 2 aromatic heterocycles. The van der Waals surface area contributed by atoms with Crippen LogP contribution in [0, 0.1) is 5.92 Å². The van der Waals surface area contributed by atoms with Crippen molar-refractivity contribution < 1.29 is 0 Å². The van der Waals surface area contributed by atoms with Crippen molar-refractivity contribution in [2.24, 2.45) is 11.7 Å². The van der Waals surface area contributed by atoms with Gasteiger partial charge in [-0.25, -0.2) is 4.98 Å². The maximum absolute atomic E-state index is 6.27. The molecular formula is C13H20N6. The van der Waals surface area contributed by atoms with Crippen molar-refractivity contribution in [3.8, 4) is 11.5 Å². The summed E-state index contributed by atoms with van der Waals surface area (Å²) in [6, 6.07) is 0. The highest BCUT2D eigenvalue weighted by Gasteiger charge is 2.37. The molecule has 0 aromatic carbocycles. The van der Waals surface area contributed by atoms with E-state index in [2.05, 4.69) is 34.0 Å². The van der Waals surface area contributed by atoms with E-state index < -0.39 is 0 Å². The first-order valence-electron chi connectivity index (χ1n) is 6.81. The second kappa shape index (κ2) is 4.45. The molecule has 3 N–H and O–H groups in total. The summed E-state index contributed by atoms with van der Waals surface area (Å²) in [6.07, 6.45) is 6.74. The molecule has 0 bridgehead atoms. The van der Waals surface area contributed by atoms with Crippen LogP contribution in [0.25, 0.3) is 11.5 Å². The van der Waals surface area contributed by atoms with Gasteiger partial charge >= 0.3 is 0 Å². The molecule has 1 saturated carbocycles. The predicted octanol–water partition coefficient (Wildman–Crippen LogP) is 1.66. The fourth-order valence-corrected chi connectivity index (χ4v) is 2.47. The number of rotatable bonds is 4. The van der Waals surface area contributed by atoms with Gasteiger partial charge in [0, 0.05) is 6.54 Å². The Morgan fingerprint density at radius 3 is 2.89 bits per heavy atom. The van der Waals surface area contributed by atoms with Crippen molar-refractivity contribution in [3.05, 3.63) is 18.3 Å². The van der Waals surface area contributed by atoms with Gasteiger partial charge in [-0.15, -0.1) is 10.2 Å². The van der Waals surface area contributed by atoms with Crippen LogP contribution in [0.3, 0.4) is 0 Å². The summed E-state index contributed by atoms with van der Waals surface area (Å²) in [5, 5.41) is 8.17.